The Morgan fingerprint density at radius 2 is 1.88 bits per heavy atom. The maximum Gasteiger partial charge on any atom is 0.208 e. The minimum atomic E-state index is -3.08. The van der Waals surface area contributed by atoms with Crippen molar-refractivity contribution < 1.29 is 8.42 Å². The second-order valence-corrected chi connectivity index (χ2v) is 5.44. The van der Waals surface area contributed by atoms with Gasteiger partial charge in [0, 0.05) is 18.8 Å². The Morgan fingerprint density at radius 1 is 1.19 bits per heavy atom. The van der Waals surface area contributed by atoms with Gasteiger partial charge in [0.25, 0.3) is 0 Å². The van der Waals surface area contributed by atoms with E-state index in [9.17, 15) is 8.42 Å². The van der Waals surface area contributed by atoms with E-state index in [4.69, 9.17) is 0 Å². The van der Waals surface area contributed by atoms with E-state index in [2.05, 4.69) is 23.0 Å². The van der Waals surface area contributed by atoms with Gasteiger partial charge in [-0.2, -0.15) is 0 Å². The first-order chi connectivity index (χ1) is 7.53. The summed E-state index contributed by atoms with van der Waals surface area (Å²) in [5, 5.41) is 3.21. The Hall–Kier alpha value is -1.07. The number of hydrogen-bond donors (Lipinski definition) is 2. The van der Waals surface area contributed by atoms with Crippen molar-refractivity contribution in [3.8, 4) is 0 Å². The van der Waals surface area contributed by atoms with Crippen molar-refractivity contribution in [2.45, 2.75) is 13.3 Å². The quantitative estimate of drug-likeness (QED) is 0.737. The molecule has 0 aliphatic heterocycles. The zero-order valence-electron chi connectivity index (χ0n) is 9.66. The second kappa shape index (κ2) is 5.86. The molecule has 4 nitrogen and oxygen atoms in total. The molecule has 0 bridgehead atoms. The van der Waals surface area contributed by atoms with Crippen LogP contribution in [-0.4, -0.2) is 27.8 Å². The molecule has 0 amide bonds. The van der Waals surface area contributed by atoms with Crippen LogP contribution >= 0.6 is 0 Å². The number of hydrogen-bond acceptors (Lipinski definition) is 3. The third kappa shape index (κ3) is 4.63. The summed E-state index contributed by atoms with van der Waals surface area (Å²) in [6, 6.07) is 8.02. The van der Waals surface area contributed by atoms with E-state index in [0.717, 1.165) is 18.4 Å². The summed E-state index contributed by atoms with van der Waals surface area (Å²) in [7, 11) is -3.08. The summed E-state index contributed by atoms with van der Waals surface area (Å²) < 4.78 is 24.1. The van der Waals surface area contributed by atoms with E-state index in [1.807, 2.05) is 18.2 Å². The van der Waals surface area contributed by atoms with Gasteiger partial charge in [-0.3, -0.25) is 0 Å². The maximum atomic E-state index is 10.8. The third-order valence-corrected chi connectivity index (χ3v) is 2.93. The summed E-state index contributed by atoms with van der Waals surface area (Å²) >= 11 is 0. The SMILES string of the molecule is CCc1ccccc1NCCNS(C)(=O)=O. The molecule has 1 aromatic carbocycles. The van der Waals surface area contributed by atoms with Crippen molar-refractivity contribution in [1.82, 2.24) is 4.72 Å². The van der Waals surface area contributed by atoms with Gasteiger partial charge < -0.3 is 5.32 Å². The first-order valence-corrected chi connectivity index (χ1v) is 7.18. The zero-order valence-corrected chi connectivity index (χ0v) is 10.5. The lowest BCUT2D eigenvalue weighted by Crippen LogP contribution is -2.27. The van der Waals surface area contributed by atoms with E-state index < -0.39 is 10.0 Å². The molecule has 0 radical (unpaired) electrons. The van der Waals surface area contributed by atoms with Crippen molar-refractivity contribution in [3.05, 3.63) is 29.8 Å². The largest absolute Gasteiger partial charge is 0.384 e. The zero-order chi connectivity index (χ0) is 12.0. The Labute approximate surface area is 97.1 Å². The summed E-state index contributed by atoms with van der Waals surface area (Å²) in [6.45, 7) is 3.08. The topological polar surface area (TPSA) is 58.2 Å². The monoisotopic (exact) mass is 242 g/mol. The Bertz CT molecular complexity index is 429. The number of rotatable bonds is 6. The fourth-order valence-electron chi connectivity index (χ4n) is 1.43. The van der Waals surface area contributed by atoms with Gasteiger partial charge in [-0.15, -0.1) is 0 Å². The van der Waals surface area contributed by atoms with Crippen LogP contribution in [0.3, 0.4) is 0 Å². The minimum Gasteiger partial charge on any atom is -0.384 e. The van der Waals surface area contributed by atoms with Crippen LogP contribution < -0.4 is 10.0 Å². The van der Waals surface area contributed by atoms with E-state index in [0.29, 0.717) is 13.1 Å². The summed E-state index contributed by atoms with van der Waals surface area (Å²) in [4.78, 5) is 0. The lowest BCUT2D eigenvalue weighted by atomic mass is 10.1. The van der Waals surface area contributed by atoms with Crippen molar-refractivity contribution in [2.24, 2.45) is 0 Å². The van der Waals surface area contributed by atoms with Gasteiger partial charge >= 0.3 is 0 Å². The summed E-state index contributed by atoms with van der Waals surface area (Å²) in [6.07, 6.45) is 2.12. The highest BCUT2D eigenvalue weighted by atomic mass is 32.2. The molecular formula is C11H18N2O2S. The molecule has 5 heteroatoms. The number of aryl methyl sites for hydroxylation is 1. The number of benzene rings is 1. The average Bonchev–Trinajstić information content (AvgIpc) is 2.23. The van der Waals surface area contributed by atoms with Crippen molar-refractivity contribution in [1.29, 1.82) is 0 Å². The first kappa shape index (κ1) is 13.0. The Balaban J connectivity index is 2.43. The van der Waals surface area contributed by atoms with E-state index in [-0.39, 0.29) is 0 Å². The van der Waals surface area contributed by atoms with Gasteiger partial charge in [-0.1, -0.05) is 25.1 Å². The van der Waals surface area contributed by atoms with E-state index >= 15 is 0 Å². The predicted octanol–water partition coefficient (Wildman–Crippen LogP) is 1.21. The fourth-order valence-corrected chi connectivity index (χ4v) is 1.91. The molecule has 1 rings (SSSR count). The second-order valence-electron chi connectivity index (χ2n) is 3.60. The van der Waals surface area contributed by atoms with Gasteiger partial charge in [0.05, 0.1) is 6.26 Å². The molecule has 0 heterocycles. The van der Waals surface area contributed by atoms with Gasteiger partial charge in [-0.05, 0) is 18.1 Å². The molecule has 0 spiro atoms. The van der Waals surface area contributed by atoms with E-state index in [1.54, 1.807) is 0 Å². The Morgan fingerprint density at radius 3 is 2.50 bits per heavy atom. The van der Waals surface area contributed by atoms with E-state index in [1.165, 1.54) is 5.56 Å². The van der Waals surface area contributed by atoms with Crippen molar-refractivity contribution >= 4 is 15.7 Å². The van der Waals surface area contributed by atoms with Gasteiger partial charge in [0.15, 0.2) is 0 Å². The predicted molar refractivity (Wildman–Crippen MR) is 67.2 cm³/mol. The molecular weight excluding hydrogens is 224 g/mol. The number of sulfonamides is 1. The van der Waals surface area contributed by atoms with Crippen LogP contribution in [-0.2, 0) is 16.4 Å². The molecule has 0 fully saturated rings. The lowest BCUT2D eigenvalue weighted by molar-refractivity contribution is 0.589. The third-order valence-electron chi connectivity index (χ3n) is 2.20. The summed E-state index contributed by atoms with van der Waals surface area (Å²) in [5.41, 5.74) is 2.31. The highest BCUT2D eigenvalue weighted by Crippen LogP contribution is 2.14. The fraction of sp³-hybridized carbons (Fsp3) is 0.455. The standard InChI is InChI=1S/C11H18N2O2S/c1-3-10-6-4-5-7-11(10)12-8-9-13-16(2,14)15/h4-7,12-13H,3,8-9H2,1-2H3. The Kier molecular flexibility index (Phi) is 4.76. The highest BCUT2D eigenvalue weighted by molar-refractivity contribution is 7.88. The van der Waals surface area contributed by atoms with Gasteiger partial charge in [0.1, 0.15) is 0 Å². The number of nitrogens with one attached hydrogen (secondary N) is 2. The number of para-hydroxylation sites is 1. The summed E-state index contributed by atoms with van der Waals surface area (Å²) in [5.74, 6) is 0. The van der Waals surface area contributed by atoms with Gasteiger partial charge in [0.2, 0.25) is 10.0 Å². The van der Waals surface area contributed by atoms with Crippen LogP contribution in [0.4, 0.5) is 5.69 Å². The molecule has 1 aromatic rings. The maximum absolute atomic E-state index is 10.8. The molecule has 16 heavy (non-hydrogen) atoms. The van der Waals surface area contributed by atoms with Crippen LogP contribution in [0.25, 0.3) is 0 Å². The van der Waals surface area contributed by atoms with Crippen molar-refractivity contribution in [3.63, 3.8) is 0 Å². The average molecular weight is 242 g/mol. The molecule has 90 valence electrons. The molecule has 0 aliphatic carbocycles. The molecule has 0 aromatic heterocycles. The van der Waals surface area contributed by atoms with Crippen LogP contribution in [0.5, 0.6) is 0 Å². The van der Waals surface area contributed by atoms with Crippen molar-refractivity contribution in [2.75, 3.05) is 24.7 Å². The molecule has 0 atom stereocenters. The van der Waals surface area contributed by atoms with Crippen LogP contribution in [0.15, 0.2) is 24.3 Å². The molecule has 0 unspecified atom stereocenters. The smallest absolute Gasteiger partial charge is 0.208 e. The molecule has 0 saturated heterocycles. The normalized spacial score (nSPS) is 11.4. The van der Waals surface area contributed by atoms with Crippen LogP contribution in [0, 0.1) is 0 Å². The first-order valence-electron chi connectivity index (χ1n) is 5.29. The highest BCUT2D eigenvalue weighted by Gasteiger charge is 2.00. The van der Waals surface area contributed by atoms with Crippen LogP contribution in [0.2, 0.25) is 0 Å². The number of anilines is 1. The molecule has 0 saturated carbocycles. The molecule has 0 aliphatic rings. The molecule has 2 N–H and O–H groups in total. The lowest BCUT2D eigenvalue weighted by Gasteiger charge is -2.10. The minimum absolute atomic E-state index is 0.400. The van der Waals surface area contributed by atoms with Crippen LogP contribution in [0.1, 0.15) is 12.5 Å². The van der Waals surface area contributed by atoms with Gasteiger partial charge in [-0.25, -0.2) is 13.1 Å².